The number of anilines is 3. The van der Waals surface area contributed by atoms with Gasteiger partial charge in [0.15, 0.2) is 34.1 Å². The molecule has 25 nitrogen and oxygen atoms in total. The maximum atomic E-state index is 13.2. The first-order valence-corrected chi connectivity index (χ1v) is 24.2. The zero-order valence-electron chi connectivity index (χ0n) is 39.7. The van der Waals surface area contributed by atoms with E-state index in [4.69, 9.17) is 34.0 Å². The van der Waals surface area contributed by atoms with Gasteiger partial charge in [0.1, 0.15) is 23.4 Å². The van der Waals surface area contributed by atoms with Crippen LogP contribution in [0, 0.1) is 6.92 Å². The molecule has 10 aromatic rings. The first-order valence-electron chi connectivity index (χ1n) is 22.8. The Morgan fingerprint density at radius 2 is 1.18 bits per heavy atom. The molecular formula is C46H50N16O9S. The molecule has 0 bridgehead atoms. The summed E-state index contributed by atoms with van der Waals surface area (Å²) in [7, 11) is 0.960. The van der Waals surface area contributed by atoms with Gasteiger partial charge in [-0.2, -0.15) is 27.4 Å². The van der Waals surface area contributed by atoms with Crippen molar-refractivity contribution in [2.24, 2.45) is 14.1 Å². The fourth-order valence-electron chi connectivity index (χ4n) is 8.48. The van der Waals surface area contributed by atoms with Gasteiger partial charge in [-0.3, -0.25) is 27.4 Å². The number of imidazole rings is 2. The van der Waals surface area contributed by atoms with Crippen molar-refractivity contribution in [2.45, 2.75) is 24.9 Å². The normalized spacial score (nSPS) is 13.5. The Bertz CT molecular complexity index is 3770. The number of hydrogen-bond donors (Lipinski definition) is 2. The lowest BCUT2D eigenvalue weighted by Crippen LogP contribution is -2.47. The van der Waals surface area contributed by atoms with Gasteiger partial charge in [0, 0.05) is 66.2 Å². The fraction of sp³-hybridized carbons (Fsp3) is 0.304. The van der Waals surface area contributed by atoms with E-state index in [1.54, 1.807) is 73.0 Å². The number of benzene rings is 2. The number of rotatable bonds is 15. The highest BCUT2D eigenvalue weighted by Gasteiger charge is 2.25. The summed E-state index contributed by atoms with van der Waals surface area (Å²) in [5, 5.41) is 8.75. The van der Waals surface area contributed by atoms with Crippen LogP contribution in [0.4, 0.5) is 17.6 Å². The Morgan fingerprint density at radius 1 is 0.639 bits per heavy atom. The number of hydrogen-bond acceptors (Lipinski definition) is 19. The van der Waals surface area contributed by atoms with Crippen molar-refractivity contribution in [2.75, 3.05) is 76.0 Å². The monoisotopic (exact) mass is 1000 g/mol. The molecule has 72 heavy (non-hydrogen) atoms. The minimum atomic E-state index is -3.98. The van der Waals surface area contributed by atoms with E-state index < -0.39 is 15.8 Å². The van der Waals surface area contributed by atoms with Crippen LogP contribution in [-0.2, 0) is 46.2 Å². The molecule has 0 unspecified atom stereocenters. The van der Waals surface area contributed by atoms with Gasteiger partial charge in [-0.1, -0.05) is 17.7 Å². The molecule has 0 atom stereocenters. The Balaban J connectivity index is 0.000000168. The average molecular weight is 1000 g/mol. The maximum absolute atomic E-state index is 13.2. The molecule has 0 amide bonds. The van der Waals surface area contributed by atoms with Gasteiger partial charge in [-0.05, 0) is 67.6 Å². The van der Waals surface area contributed by atoms with Gasteiger partial charge in [-0.25, -0.2) is 19.6 Å². The Kier molecular flexibility index (Phi) is 12.8. The molecule has 1 aliphatic rings. The van der Waals surface area contributed by atoms with Crippen LogP contribution >= 0.6 is 0 Å². The number of nitrogens with zero attached hydrogens (tertiary/aromatic N) is 14. The van der Waals surface area contributed by atoms with Gasteiger partial charge in [0.05, 0.1) is 37.2 Å². The summed E-state index contributed by atoms with van der Waals surface area (Å²) in [6, 6.07) is 21.4. The van der Waals surface area contributed by atoms with Crippen molar-refractivity contribution < 1.29 is 30.9 Å². The topological polar surface area (TPSA) is 287 Å². The van der Waals surface area contributed by atoms with Crippen LogP contribution < -0.4 is 32.5 Å². The number of nitrogen functional groups attached to an aromatic ring is 2. The Morgan fingerprint density at radius 3 is 1.69 bits per heavy atom. The summed E-state index contributed by atoms with van der Waals surface area (Å²) in [6.07, 6.45) is 3.05. The largest absolute Gasteiger partial charge is 0.491 e. The molecule has 26 heteroatoms. The molecular weight excluding hydrogens is 953 g/mol. The van der Waals surface area contributed by atoms with Crippen molar-refractivity contribution in [3.63, 3.8) is 0 Å². The SMILES string of the molecule is COCCOc1ccc(N2CCN(CCn3c(=O)n(C)c4c3nc(N)n3nc(-c5ccco5)nc43)CC2)cc1.Cc1ccc(S(=O)(=O)OCCn2c(=O)n(C)c3c2nc(N)n2nc(-c4ccco4)nc32)cc1. The molecule has 0 saturated carbocycles. The van der Waals surface area contributed by atoms with E-state index in [0.717, 1.165) is 44.0 Å². The smallest absolute Gasteiger partial charge is 0.330 e. The number of methoxy groups -OCH3 is 1. The van der Waals surface area contributed by atoms with E-state index in [1.165, 1.54) is 42.2 Å². The molecule has 0 aliphatic carbocycles. The minimum Gasteiger partial charge on any atom is -0.491 e. The molecule has 8 aromatic heterocycles. The maximum Gasteiger partial charge on any atom is 0.330 e. The third-order valence-corrected chi connectivity index (χ3v) is 13.6. The van der Waals surface area contributed by atoms with Crippen molar-refractivity contribution in [3.05, 3.63) is 112 Å². The number of ether oxygens (including phenoxy) is 2. The first kappa shape index (κ1) is 47.4. The fourth-order valence-corrected chi connectivity index (χ4v) is 9.38. The molecule has 9 heterocycles. The number of piperazine rings is 1. The van der Waals surface area contributed by atoms with Gasteiger partial charge >= 0.3 is 11.4 Å². The summed E-state index contributed by atoms with van der Waals surface area (Å²) in [6.45, 7) is 7.40. The number of fused-ring (bicyclic) bond motifs is 6. The lowest BCUT2D eigenvalue weighted by atomic mass is 10.2. The number of aryl methyl sites for hydroxylation is 3. The number of furan rings is 2. The number of nitrogens with two attached hydrogens (primary N) is 2. The highest BCUT2D eigenvalue weighted by atomic mass is 32.2. The van der Waals surface area contributed by atoms with Crippen molar-refractivity contribution in [3.8, 4) is 28.9 Å². The standard InChI is InChI=1S/C26H31N9O4.C20H19N7O5S/c1-31-21-23(29-25(27)35-24(21)28-22(30-35)20-4-3-15-39-20)34(26(31)36)14-11-32-9-12-33(13-10-32)18-5-7-19(8-6-18)38-17-16-37-2;1-12-5-7-13(8-6-12)33(29,30)32-11-9-26-17-15(25(2)20(26)28)18-22-16(14-4-3-10-31-14)24-27(18)19(21)23-17/h3-8,15H,9-14,16-17H2,1-2H3,(H2,27,29);3-8,10H,9,11H2,1-2H3,(H2,21,23). The van der Waals surface area contributed by atoms with Gasteiger partial charge in [0.25, 0.3) is 10.1 Å². The molecule has 0 spiro atoms. The van der Waals surface area contributed by atoms with Crippen LogP contribution in [0.3, 0.4) is 0 Å². The zero-order valence-corrected chi connectivity index (χ0v) is 40.5. The Labute approximate surface area is 409 Å². The van der Waals surface area contributed by atoms with Gasteiger partial charge < -0.3 is 34.7 Å². The third-order valence-electron chi connectivity index (χ3n) is 12.3. The second-order valence-corrected chi connectivity index (χ2v) is 18.4. The van der Waals surface area contributed by atoms with E-state index in [-0.39, 0.29) is 47.1 Å². The van der Waals surface area contributed by atoms with E-state index >= 15 is 0 Å². The zero-order chi connectivity index (χ0) is 50.3. The molecule has 1 aliphatic heterocycles. The molecule has 0 radical (unpaired) electrons. The van der Waals surface area contributed by atoms with Gasteiger partial charge in [-0.15, -0.1) is 10.2 Å². The quantitative estimate of drug-likeness (QED) is 0.110. The summed E-state index contributed by atoms with van der Waals surface area (Å²) in [4.78, 5) is 48.8. The van der Waals surface area contributed by atoms with E-state index in [1.807, 2.05) is 19.1 Å². The summed E-state index contributed by atoms with van der Waals surface area (Å²) in [5.41, 5.74) is 16.3. The first-order chi connectivity index (χ1) is 34.8. The second-order valence-electron chi connectivity index (χ2n) is 16.8. The van der Waals surface area contributed by atoms with Gasteiger partial charge in [0.2, 0.25) is 23.5 Å². The Hall–Kier alpha value is -8.33. The predicted octanol–water partition coefficient (Wildman–Crippen LogP) is 2.80. The molecule has 4 N–H and O–H groups in total. The van der Waals surface area contributed by atoms with E-state index in [2.05, 4.69) is 52.1 Å². The highest BCUT2D eigenvalue weighted by molar-refractivity contribution is 7.86. The minimum absolute atomic E-state index is 0.00958. The molecule has 2 aromatic carbocycles. The van der Waals surface area contributed by atoms with E-state index in [9.17, 15) is 18.0 Å². The molecule has 374 valence electrons. The lowest BCUT2D eigenvalue weighted by molar-refractivity contribution is 0.146. The van der Waals surface area contributed by atoms with Crippen molar-refractivity contribution in [1.29, 1.82) is 0 Å². The third kappa shape index (κ3) is 9.02. The van der Waals surface area contributed by atoms with E-state index in [0.29, 0.717) is 65.1 Å². The van der Waals surface area contributed by atoms with Crippen LogP contribution in [0.5, 0.6) is 5.75 Å². The summed E-state index contributed by atoms with van der Waals surface area (Å²) >= 11 is 0. The van der Waals surface area contributed by atoms with Crippen LogP contribution in [0.15, 0.2) is 109 Å². The van der Waals surface area contributed by atoms with Crippen molar-refractivity contribution in [1.82, 2.24) is 62.3 Å². The summed E-state index contributed by atoms with van der Waals surface area (Å²) < 4.78 is 60.1. The van der Waals surface area contributed by atoms with Crippen LogP contribution in [0.1, 0.15) is 5.56 Å². The molecule has 1 saturated heterocycles. The van der Waals surface area contributed by atoms with Crippen molar-refractivity contribution >= 4 is 61.3 Å². The van der Waals surface area contributed by atoms with Crippen LogP contribution in [-0.4, -0.2) is 130 Å². The second kappa shape index (κ2) is 19.5. The lowest BCUT2D eigenvalue weighted by Gasteiger charge is -2.36. The number of aromatic nitrogens is 12. The van der Waals surface area contributed by atoms with Crippen LogP contribution in [0.25, 0.3) is 56.8 Å². The molecule has 11 rings (SSSR count). The highest BCUT2D eigenvalue weighted by Crippen LogP contribution is 2.26. The molecule has 1 fully saturated rings. The predicted molar refractivity (Wildman–Crippen MR) is 264 cm³/mol. The summed E-state index contributed by atoms with van der Waals surface area (Å²) in [5.74, 6) is 2.62. The average Bonchev–Trinajstić information content (AvgIpc) is 4.26. The van der Waals surface area contributed by atoms with Crippen LogP contribution in [0.2, 0.25) is 0 Å².